The zero-order valence-electron chi connectivity index (χ0n) is 7.09. The van der Waals surface area contributed by atoms with E-state index in [1.807, 2.05) is 24.0 Å². The van der Waals surface area contributed by atoms with Gasteiger partial charge in [-0.3, -0.25) is 0 Å². The molecule has 0 aromatic carbocycles. The number of thioether (sulfide) groups is 1. The number of unbranched alkanes of at least 4 members (excludes halogenated alkanes) is 1. The summed E-state index contributed by atoms with van der Waals surface area (Å²) in [6, 6.07) is 4.00. The van der Waals surface area contributed by atoms with E-state index in [9.17, 15) is 0 Å². The van der Waals surface area contributed by atoms with Crippen molar-refractivity contribution in [2.24, 2.45) is 0 Å². The molecule has 0 aliphatic rings. The van der Waals surface area contributed by atoms with Crippen LogP contribution in [-0.4, -0.2) is 10.7 Å². The van der Waals surface area contributed by atoms with Gasteiger partial charge in [0.1, 0.15) is 0 Å². The number of halogens is 1. The molecule has 12 heavy (non-hydrogen) atoms. The third-order valence-corrected chi connectivity index (χ3v) is 2.95. The second kappa shape index (κ2) is 5.60. The smallest absolute Gasteiger partial charge is 0.0971 e. The fraction of sp³-hybridized carbons (Fsp3) is 0.444. The van der Waals surface area contributed by atoms with Gasteiger partial charge in [0.2, 0.25) is 0 Å². The predicted molar refractivity (Wildman–Crippen MR) is 57.6 cm³/mol. The van der Waals surface area contributed by atoms with Crippen molar-refractivity contribution in [2.45, 2.75) is 24.8 Å². The van der Waals surface area contributed by atoms with Crippen LogP contribution < -0.4 is 0 Å². The first-order chi connectivity index (χ1) is 5.83. The Morgan fingerprint density at radius 1 is 1.58 bits per heavy atom. The molecule has 0 atom stereocenters. The summed E-state index contributed by atoms with van der Waals surface area (Å²) in [6.45, 7) is 2.20. The van der Waals surface area contributed by atoms with Gasteiger partial charge in [-0.15, -0.1) is 11.8 Å². The normalized spacial score (nSPS) is 10.2. The minimum absolute atomic E-state index is 1.11. The maximum atomic E-state index is 4.24. The summed E-state index contributed by atoms with van der Waals surface area (Å²) in [6.07, 6.45) is 4.35. The Labute approximate surface area is 86.1 Å². The minimum Gasteiger partial charge on any atom is -0.250 e. The van der Waals surface area contributed by atoms with Gasteiger partial charge in [0, 0.05) is 10.7 Å². The molecule has 0 saturated heterocycles. The highest BCUT2D eigenvalue weighted by Crippen LogP contribution is 2.19. The molecule has 1 heterocycles. The van der Waals surface area contributed by atoms with Gasteiger partial charge in [-0.1, -0.05) is 29.3 Å². The molecule has 0 unspecified atom stereocenters. The van der Waals surface area contributed by atoms with Crippen molar-refractivity contribution < 1.29 is 0 Å². The molecule has 0 saturated carbocycles. The number of pyridine rings is 1. The lowest BCUT2D eigenvalue weighted by Gasteiger charge is -1.98. The zero-order valence-corrected chi connectivity index (χ0v) is 9.49. The highest BCUT2D eigenvalue weighted by Gasteiger charge is 1.94. The van der Waals surface area contributed by atoms with Crippen LogP contribution in [0, 0.1) is 0 Å². The average molecular weight is 246 g/mol. The predicted octanol–water partition coefficient (Wildman–Crippen LogP) is 3.74. The van der Waals surface area contributed by atoms with Crippen molar-refractivity contribution >= 4 is 27.7 Å². The van der Waals surface area contributed by atoms with E-state index in [2.05, 4.69) is 33.9 Å². The van der Waals surface area contributed by atoms with Crippen LogP contribution in [0.25, 0.3) is 0 Å². The number of hydrogen-bond acceptors (Lipinski definition) is 2. The largest absolute Gasteiger partial charge is 0.250 e. The molecule has 0 spiro atoms. The first-order valence-corrected chi connectivity index (χ1v) is 5.85. The lowest BCUT2D eigenvalue weighted by atomic mass is 10.4. The van der Waals surface area contributed by atoms with Gasteiger partial charge in [-0.25, -0.2) is 4.98 Å². The van der Waals surface area contributed by atoms with Crippen molar-refractivity contribution in [1.29, 1.82) is 0 Å². The molecule has 0 N–H and O–H groups in total. The van der Waals surface area contributed by atoms with E-state index in [4.69, 9.17) is 0 Å². The summed E-state index contributed by atoms with van der Waals surface area (Å²) >= 11 is 5.24. The van der Waals surface area contributed by atoms with Crippen LogP contribution >= 0.6 is 27.7 Å². The third-order valence-electron chi connectivity index (χ3n) is 1.44. The molecule has 0 radical (unpaired) electrons. The maximum absolute atomic E-state index is 4.24. The van der Waals surface area contributed by atoms with Crippen LogP contribution in [0.5, 0.6) is 0 Å². The Hall–Kier alpha value is -0.0200. The summed E-state index contributed by atoms with van der Waals surface area (Å²) in [4.78, 5) is 4.24. The molecule has 66 valence electrons. The average Bonchev–Trinajstić information content (AvgIpc) is 2.05. The van der Waals surface area contributed by atoms with Gasteiger partial charge in [-0.2, -0.15) is 0 Å². The summed E-state index contributed by atoms with van der Waals surface area (Å²) in [5, 5.41) is 1.11. The van der Waals surface area contributed by atoms with Gasteiger partial charge < -0.3 is 0 Å². The first-order valence-electron chi connectivity index (χ1n) is 4.07. The number of hydrogen-bond donors (Lipinski definition) is 0. The van der Waals surface area contributed by atoms with E-state index in [0.29, 0.717) is 0 Å². The van der Waals surface area contributed by atoms with Crippen LogP contribution in [0.15, 0.2) is 27.8 Å². The summed E-state index contributed by atoms with van der Waals surface area (Å²) in [5.74, 6) is 1.17. The lowest BCUT2D eigenvalue weighted by Crippen LogP contribution is -1.81. The molecule has 1 aromatic rings. The Morgan fingerprint density at radius 3 is 3.08 bits per heavy atom. The third kappa shape index (κ3) is 3.59. The Morgan fingerprint density at radius 2 is 2.42 bits per heavy atom. The van der Waals surface area contributed by atoms with Gasteiger partial charge in [-0.05, 0) is 24.3 Å². The van der Waals surface area contributed by atoms with Gasteiger partial charge in [0.25, 0.3) is 0 Å². The van der Waals surface area contributed by atoms with E-state index in [0.717, 1.165) is 9.50 Å². The highest BCUT2D eigenvalue weighted by molar-refractivity contribution is 9.10. The van der Waals surface area contributed by atoms with Crippen LogP contribution in [0.1, 0.15) is 19.8 Å². The quantitative estimate of drug-likeness (QED) is 0.593. The molecule has 3 heteroatoms. The molecule has 0 amide bonds. The molecule has 0 aliphatic heterocycles. The molecule has 0 bridgehead atoms. The van der Waals surface area contributed by atoms with Crippen LogP contribution in [-0.2, 0) is 0 Å². The zero-order chi connectivity index (χ0) is 8.81. The van der Waals surface area contributed by atoms with Crippen molar-refractivity contribution in [3.8, 4) is 0 Å². The van der Waals surface area contributed by atoms with Crippen molar-refractivity contribution in [1.82, 2.24) is 4.98 Å². The van der Waals surface area contributed by atoms with E-state index in [1.54, 1.807) is 0 Å². The molecule has 0 fully saturated rings. The Bertz CT molecular complexity index is 240. The van der Waals surface area contributed by atoms with Crippen LogP contribution in [0.3, 0.4) is 0 Å². The number of nitrogens with zero attached hydrogens (tertiary/aromatic N) is 1. The topological polar surface area (TPSA) is 12.9 Å². The first kappa shape index (κ1) is 10.1. The summed E-state index contributed by atoms with van der Waals surface area (Å²) < 4.78 is 1.11. The van der Waals surface area contributed by atoms with Gasteiger partial charge >= 0.3 is 0 Å². The molecular formula is C9H12BrNS. The Balaban J connectivity index is 2.41. The molecule has 1 aromatic heterocycles. The van der Waals surface area contributed by atoms with E-state index >= 15 is 0 Å². The van der Waals surface area contributed by atoms with Crippen LogP contribution in [0.4, 0.5) is 0 Å². The Kier molecular flexibility index (Phi) is 4.69. The van der Waals surface area contributed by atoms with Crippen LogP contribution in [0.2, 0.25) is 0 Å². The molecule has 0 aliphatic carbocycles. The van der Waals surface area contributed by atoms with Gasteiger partial charge in [0.15, 0.2) is 0 Å². The lowest BCUT2D eigenvalue weighted by molar-refractivity contribution is 0.894. The van der Waals surface area contributed by atoms with Gasteiger partial charge in [0.05, 0.1) is 5.03 Å². The molecule has 1 nitrogen and oxygen atoms in total. The van der Waals surface area contributed by atoms with Crippen molar-refractivity contribution in [2.75, 3.05) is 5.75 Å². The molecular weight excluding hydrogens is 234 g/mol. The van der Waals surface area contributed by atoms with Crippen molar-refractivity contribution in [3.63, 3.8) is 0 Å². The monoisotopic (exact) mass is 245 g/mol. The number of aromatic nitrogens is 1. The standard InChI is InChI=1S/C9H12BrNS/c1-2-3-6-12-9-7-8(10)4-5-11-9/h4-5,7H,2-3,6H2,1H3. The molecule has 1 rings (SSSR count). The van der Waals surface area contributed by atoms with E-state index < -0.39 is 0 Å². The number of rotatable bonds is 4. The second-order valence-corrected chi connectivity index (χ2v) is 4.55. The maximum Gasteiger partial charge on any atom is 0.0971 e. The second-order valence-electron chi connectivity index (χ2n) is 2.51. The fourth-order valence-corrected chi connectivity index (χ4v) is 2.26. The van der Waals surface area contributed by atoms with E-state index in [-0.39, 0.29) is 0 Å². The summed E-state index contributed by atoms with van der Waals surface area (Å²) in [5.41, 5.74) is 0. The highest BCUT2D eigenvalue weighted by atomic mass is 79.9. The minimum atomic E-state index is 1.11. The fourth-order valence-electron chi connectivity index (χ4n) is 0.785. The van der Waals surface area contributed by atoms with E-state index in [1.165, 1.54) is 18.6 Å². The SMILES string of the molecule is CCCCSc1cc(Br)ccn1. The van der Waals surface area contributed by atoms with Crippen molar-refractivity contribution in [3.05, 3.63) is 22.8 Å². The summed E-state index contributed by atoms with van der Waals surface area (Å²) in [7, 11) is 0.